The van der Waals surface area contributed by atoms with E-state index in [1.165, 1.54) is 28.0 Å². The molecule has 1 aromatic rings. The summed E-state index contributed by atoms with van der Waals surface area (Å²) in [6.45, 7) is 4.61. The minimum atomic E-state index is 0.308. The van der Waals surface area contributed by atoms with Crippen LogP contribution in [0.5, 0.6) is 0 Å². The molecule has 0 radical (unpaired) electrons. The molecule has 0 bridgehead atoms. The van der Waals surface area contributed by atoms with Gasteiger partial charge in [0, 0.05) is 10.8 Å². The molecule has 0 nitrogen and oxygen atoms in total. The van der Waals surface area contributed by atoms with Gasteiger partial charge in [-0.3, -0.25) is 0 Å². The molecule has 3 aliphatic carbocycles. The summed E-state index contributed by atoms with van der Waals surface area (Å²) in [7, 11) is 0. The van der Waals surface area contributed by atoms with Gasteiger partial charge in [0.2, 0.25) is 0 Å². The highest BCUT2D eigenvalue weighted by Crippen LogP contribution is 2.71. The van der Waals surface area contributed by atoms with Crippen LogP contribution in [0.4, 0.5) is 0 Å². The maximum Gasteiger partial charge on any atom is 0.0239 e. The van der Waals surface area contributed by atoms with Gasteiger partial charge in [0.15, 0.2) is 0 Å². The Bertz CT molecular complexity index is 702. The van der Waals surface area contributed by atoms with Crippen molar-refractivity contribution in [2.24, 2.45) is 10.8 Å². The van der Waals surface area contributed by atoms with Crippen molar-refractivity contribution in [3.63, 3.8) is 0 Å². The van der Waals surface area contributed by atoms with Crippen LogP contribution >= 0.6 is 0 Å². The lowest BCUT2D eigenvalue weighted by Crippen LogP contribution is -2.37. The highest BCUT2D eigenvalue weighted by molar-refractivity contribution is 5.79. The van der Waals surface area contributed by atoms with E-state index in [0.29, 0.717) is 10.8 Å². The molecule has 84 valence electrons. The monoisotopic (exact) mass is 220 g/mol. The summed E-state index contributed by atoms with van der Waals surface area (Å²) in [5.41, 5.74) is 3.59. The summed E-state index contributed by atoms with van der Waals surface area (Å²) < 4.78 is 0. The maximum atomic E-state index is 2.50. The van der Waals surface area contributed by atoms with Crippen LogP contribution in [0, 0.1) is 17.8 Å². The minimum Gasteiger partial charge on any atom is -0.0730 e. The lowest BCUT2D eigenvalue weighted by molar-refractivity contribution is 0.647. The molecule has 1 spiro atoms. The number of aryl methyl sites for hydroxylation is 1. The van der Waals surface area contributed by atoms with Crippen LogP contribution in [0.3, 0.4) is 0 Å². The standard InChI is InChI=1S/C17H16/c1-12-6-5-7-13-14(12)10-16(2)11-17(16)9-4-3-8-15(13)17/h3-10H,11H2,1-2H3. The molecule has 1 saturated carbocycles. The fourth-order valence-electron chi connectivity index (χ4n) is 3.73. The quantitative estimate of drug-likeness (QED) is 0.630. The van der Waals surface area contributed by atoms with Gasteiger partial charge in [-0.25, -0.2) is 0 Å². The van der Waals surface area contributed by atoms with Crippen LogP contribution in [0.1, 0.15) is 18.9 Å². The molecule has 0 amide bonds. The maximum absolute atomic E-state index is 2.50. The van der Waals surface area contributed by atoms with E-state index in [4.69, 9.17) is 0 Å². The Balaban J connectivity index is 2.22. The molecule has 0 N–H and O–H groups in total. The fourth-order valence-corrected chi connectivity index (χ4v) is 3.73. The van der Waals surface area contributed by atoms with Crippen molar-refractivity contribution in [1.82, 2.24) is 0 Å². The van der Waals surface area contributed by atoms with Crippen molar-refractivity contribution in [3.05, 3.63) is 58.5 Å². The molecule has 0 aromatic heterocycles. The lowest BCUT2D eigenvalue weighted by atomic mass is 9.78. The van der Waals surface area contributed by atoms with Crippen molar-refractivity contribution in [2.75, 3.05) is 0 Å². The third-order valence-electron chi connectivity index (χ3n) is 4.85. The molecule has 0 aliphatic heterocycles. The SMILES string of the molecule is Cc1cccc2c1=CC1(C)CC13C=CC=CC=23. The van der Waals surface area contributed by atoms with Gasteiger partial charge in [-0.15, -0.1) is 0 Å². The van der Waals surface area contributed by atoms with Crippen molar-refractivity contribution in [1.29, 1.82) is 0 Å². The number of allylic oxidation sites excluding steroid dienone is 4. The molecule has 1 aromatic carbocycles. The Morgan fingerprint density at radius 3 is 2.94 bits per heavy atom. The summed E-state index contributed by atoms with van der Waals surface area (Å²) >= 11 is 0. The van der Waals surface area contributed by atoms with E-state index in [-0.39, 0.29) is 0 Å². The van der Waals surface area contributed by atoms with E-state index in [2.05, 4.69) is 62.4 Å². The second kappa shape index (κ2) is 2.64. The van der Waals surface area contributed by atoms with E-state index in [1.807, 2.05) is 0 Å². The minimum absolute atomic E-state index is 0.308. The summed E-state index contributed by atoms with van der Waals surface area (Å²) in [5.74, 6) is 0. The van der Waals surface area contributed by atoms with Crippen LogP contribution < -0.4 is 10.4 Å². The molecule has 0 heteroatoms. The van der Waals surface area contributed by atoms with Crippen LogP contribution in [0.15, 0.2) is 42.5 Å². The fraction of sp³-hybridized carbons (Fsp3) is 0.294. The van der Waals surface area contributed by atoms with Crippen molar-refractivity contribution in [2.45, 2.75) is 20.3 Å². The van der Waals surface area contributed by atoms with Gasteiger partial charge in [-0.1, -0.05) is 55.5 Å². The zero-order chi connectivity index (χ0) is 11.7. The van der Waals surface area contributed by atoms with Gasteiger partial charge < -0.3 is 0 Å². The third-order valence-corrected chi connectivity index (χ3v) is 4.85. The largest absolute Gasteiger partial charge is 0.0730 e. The highest BCUT2D eigenvalue weighted by atomic mass is 14.7. The van der Waals surface area contributed by atoms with Crippen LogP contribution in [-0.2, 0) is 0 Å². The van der Waals surface area contributed by atoms with Gasteiger partial charge in [0.25, 0.3) is 0 Å². The van der Waals surface area contributed by atoms with Gasteiger partial charge in [-0.2, -0.15) is 0 Å². The first-order valence-corrected chi connectivity index (χ1v) is 6.36. The zero-order valence-corrected chi connectivity index (χ0v) is 10.3. The molecule has 1 fully saturated rings. The highest BCUT2D eigenvalue weighted by Gasteiger charge is 2.64. The Labute approximate surface area is 102 Å². The van der Waals surface area contributed by atoms with Crippen LogP contribution in [0.25, 0.3) is 11.6 Å². The van der Waals surface area contributed by atoms with E-state index in [0.717, 1.165) is 0 Å². The van der Waals surface area contributed by atoms with Crippen molar-refractivity contribution >= 4 is 11.6 Å². The smallest absolute Gasteiger partial charge is 0.0239 e. The normalized spacial score (nSPS) is 35.8. The number of hydrogen-bond donors (Lipinski definition) is 0. The van der Waals surface area contributed by atoms with E-state index >= 15 is 0 Å². The second-order valence-corrected chi connectivity index (χ2v) is 5.88. The summed E-state index contributed by atoms with van der Waals surface area (Å²) in [5, 5.41) is 2.90. The molecular formula is C17H16. The average molecular weight is 220 g/mol. The first kappa shape index (κ1) is 9.47. The number of rotatable bonds is 0. The molecule has 4 rings (SSSR count). The van der Waals surface area contributed by atoms with E-state index < -0.39 is 0 Å². The summed E-state index contributed by atoms with van der Waals surface area (Å²) in [6, 6.07) is 6.67. The molecule has 0 heterocycles. The van der Waals surface area contributed by atoms with Gasteiger partial charge in [0.1, 0.15) is 0 Å². The van der Waals surface area contributed by atoms with E-state index in [1.54, 1.807) is 0 Å². The molecule has 3 aliphatic rings. The van der Waals surface area contributed by atoms with Crippen molar-refractivity contribution < 1.29 is 0 Å². The van der Waals surface area contributed by atoms with Gasteiger partial charge in [-0.05, 0) is 34.9 Å². The second-order valence-electron chi connectivity index (χ2n) is 5.88. The van der Waals surface area contributed by atoms with Crippen LogP contribution in [-0.4, -0.2) is 0 Å². The van der Waals surface area contributed by atoms with E-state index in [9.17, 15) is 0 Å². The van der Waals surface area contributed by atoms with Crippen LogP contribution in [0.2, 0.25) is 0 Å². The predicted octanol–water partition coefficient (Wildman–Crippen LogP) is 2.46. The van der Waals surface area contributed by atoms with Gasteiger partial charge >= 0.3 is 0 Å². The zero-order valence-electron chi connectivity index (χ0n) is 10.3. The number of fused-ring (bicyclic) bond motifs is 1. The summed E-state index contributed by atoms with van der Waals surface area (Å²) in [4.78, 5) is 0. The Morgan fingerprint density at radius 2 is 2.06 bits per heavy atom. The molecule has 0 saturated heterocycles. The third kappa shape index (κ3) is 0.952. The van der Waals surface area contributed by atoms with Gasteiger partial charge in [0.05, 0.1) is 0 Å². The lowest BCUT2D eigenvalue weighted by Gasteiger charge is -2.25. The number of benzene rings is 1. The Hall–Kier alpha value is -1.56. The Morgan fingerprint density at radius 1 is 1.18 bits per heavy atom. The molecule has 2 unspecified atom stereocenters. The topological polar surface area (TPSA) is 0 Å². The molecule has 2 atom stereocenters. The number of hydrogen-bond acceptors (Lipinski definition) is 0. The first-order chi connectivity index (χ1) is 8.16. The Kier molecular flexibility index (Phi) is 1.47. The van der Waals surface area contributed by atoms with Crippen molar-refractivity contribution in [3.8, 4) is 0 Å². The average Bonchev–Trinajstić information content (AvgIpc) is 2.91. The molecule has 17 heavy (non-hydrogen) atoms. The predicted molar refractivity (Wildman–Crippen MR) is 71.7 cm³/mol. The molecular weight excluding hydrogens is 204 g/mol. The summed E-state index contributed by atoms with van der Waals surface area (Å²) in [6.07, 6.45) is 12.9. The first-order valence-electron chi connectivity index (χ1n) is 6.36.